The highest BCUT2D eigenvalue weighted by Crippen LogP contribution is 2.11. The predicted octanol–water partition coefficient (Wildman–Crippen LogP) is 2.25. The van der Waals surface area contributed by atoms with E-state index < -0.39 is 0 Å². The average molecular weight is 348 g/mol. The first kappa shape index (κ1) is 20.8. The van der Waals surface area contributed by atoms with Crippen molar-refractivity contribution in [2.24, 2.45) is 10.9 Å². The topological polar surface area (TPSA) is 66.0 Å². The summed E-state index contributed by atoms with van der Waals surface area (Å²) in [6, 6.07) is 7.82. The lowest BCUT2D eigenvalue weighted by atomic mass is 10.1. The van der Waals surface area contributed by atoms with Crippen LogP contribution in [0.2, 0.25) is 0 Å². The Morgan fingerprint density at radius 2 is 1.88 bits per heavy atom. The molecule has 0 aromatic heterocycles. The van der Waals surface area contributed by atoms with E-state index in [2.05, 4.69) is 29.5 Å². The summed E-state index contributed by atoms with van der Waals surface area (Å²) in [6.07, 6.45) is 2.23. The van der Waals surface area contributed by atoms with Gasteiger partial charge in [0, 0.05) is 20.6 Å². The molecule has 0 saturated heterocycles. The fourth-order valence-corrected chi connectivity index (χ4v) is 2.11. The van der Waals surface area contributed by atoms with Crippen molar-refractivity contribution < 1.29 is 9.53 Å². The Kier molecular flexibility index (Phi) is 9.43. The first-order valence-electron chi connectivity index (χ1n) is 8.77. The molecule has 6 heteroatoms. The molecule has 0 unspecified atom stereocenters. The van der Waals surface area contributed by atoms with Crippen LogP contribution in [-0.2, 0) is 11.3 Å². The van der Waals surface area contributed by atoms with Crippen LogP contribution in [0.25, 0.3) is 0 Å². The van der Waals surface area contributed by atoms with Gasteiger partial charge in [-0.25, -0.2) is 4.99 Å². The number of ether oxygens (including phenoxy) is 1. The van der Waals surface area contributed by atoms with Gasteiger partial charge in [0.2, 0.25) is 5.91 Å². The van der Waals surface area contributed by atoms with E-state index in [9.17, 15) is 4.79 Å². The summed E-state index contributed by atoms with van der Waals surface area (Å²) in [6.45, 7) is 6.04. The number of aliphatic imine (C=N–C) groups is 1. The lowest BCUT2D eigenvalue weighted by molar-refractivity contribution is -0.127. The van der Waals surface area contributed by atoms with Gasteiger partial charge in [0.1, 0.15) is 5.75 Å². The lowest BCUT2D eigenvalue weighted by Crippen LogP contribution is -2.43. The number of hydrogen-bond acceptors (Lipinski definition) is 3. The molecule has 0 aliphatic carbocycles. The third-order valence-corrected chi connectivity index (χ3v) is 3.74. The monoisotopic (exact) mass is 348 g/mol. The second kappa shape index (κ2) is 11.3. The standard InChI is InChI=1S/C19H32N4O2/c1-15(2)7-6-12-20-19(22-14-18(24)23(3)4)21-13-16-8-10-17(25-5)11-9-16/h8-11,15H,6-7,12-14H2,1-5H3,(H2,20,21,22). The van der Waals surface area contributed by atoms with E-state index in [4.69, 9.17) is 4.74 Å². The quantitative estimate of drug-likeness (QED) is 0.408. The third kappa shape index (κ3) is 8.98. The molecule has 0 fully saturated rings. The number of likely N-dealkylation sites (N-methyl/N-ethyl adjacent to an activating group) is 1. The number of rotatable bonds is 9. The zero-order chi connectivity index (χ0) is 18.7. The number of carbonyl (C=O) groups excluding carboxylic acids is 1. The van der Waals surface area contributed by atoms with Gasteiger partial charge >= 0.3 is 0 Å². The summed E-state index contributed by atoms with van der Waals surface area (Å²) >= 11 is 0. The Labute approximate surface area is 151 Å². The Hall–Kier alpha value is -2.24. The molecular weight excluding hydrogens is 316 g/mol. The van der Waals surface area contributed by atoms with Crippen molar-refractivity contribution in [2.75, 3.05) is 34.3 Å². The van der Waals surface area contributed by atoms with E-state index in [1.54, 1.807) is 26.1 Å². The number of guanidine groups is 1. The fraction of sp³-hybridized carbons (Fsp3) is 0.579. The van der Waals surface area contributed by atoms with Crippen LogP contribution in [0, 0.1) is 5.92 Å². The molecule has 1 amide bonds. The fourth-order valence-electron chi connectivity index (χ4n) is 2.11. The molecule has 0 bridgehead atoms. The van der Waals surface area contributed by atoms with E-state index >= 15 is 0 Å². The average Bonchev–Trinajstić information content (AvgIpc) is 2.60. The molecule has 0 aliphatic rings. The van der Waals surface area contributed by atoms with E-state index in [0.717, 1.165) is 30.7 Å². The summed E-state index contributed by atoms with van der Waals surface area (Å²) in [5, 5.41) is 6.41. The number of hydrogen-bond donors (Lipinski definition) is 2. The molecule has 0 atom stereocenters. The molecule has 1 aromatic carbocycles. The number of methoxy groups -OCH3 is 1. The largest absolute Gasteiger partial charge is 0.497 e. The van der Waals surface area contributed by atoms with Crippen molar-refractivity contribution in [3.8, 4) is 5.75 Å². The van der Waals surface area contributed by atoms with Crippen molar-refractivity contribution >= 4 is 11.9 Å². The van der Waals surface area contributed by atoms with E-state index in [1.807, 2.05) is 24.3 Å². The van der Waals surface area contributed by atoms with Gasteiger partial charge in [-0.1, -0.05) is 26.0 Å². The van der Waals surface area contributed by atoms with Gasteiger partial charge in [-0.05, 0) is 36.5 Å². The van der Waals surface area contributed by atoms with Crippen molar-refractivity contribution in [3.05, 3.63) is 29.8 Å². The number of benzene rings is 1. The molecule has 0 radical (unpaired) electrons. The van der Waals surface area contributed by atoms with Crippen molar-refractivity contribution in [1.82, 2.24) is 15.5 Å². The Morgan fingerprint density at radius 3 is 2.44 bits per heavy atom. The van der Waals surface area contributed by atoms with Crippen molar-refractivity contribution in [2.45, 2.75) is 33.2 Å². The van der Waals surface area contributed by atoms with Gasteiger partial charge in [-0.3, -0.25) is 4.79 Å². The normalized spacial score (nSPS) is 11.4. The lowest BCUT2D eigenvalue weighted by Gasteiger charge is -2.15. The highest BCUT2D eigenvalue weighted by Gasteiger charge is 2.06. The van der Waals surface area contributed by atoms with Crippen LogP contribution in [0.1, 0.15) is 32.3 Å². The highest BCUT2D eigenvalue weighted by atomic mass is 16.5. The molecule has 1 rings (SSSR count). The SMILES string of the molecule is COc1ccc(CN=C(NCCCC(C)C)NCC(=O)N(C)C)cc1. The summed E-state index contributed by atoms with van der Waals surface area (Å²) in [5.41, 5.74) is 1.09. The molecule has 0 spiro atoms. The Balaban J connectivity index is 2.61. The zero-order valence-corrected chi connectivity index (χ0v) is 16.1. The highest BCUT2D eigenvalue weighted by molar-refractivity contribution is 5.86. The maximum Gasteiger partial charge on any atom is 0.241 e. The first-order valence-corrected chi connectivity index (χ1v) is 8.77. The third-order valence-electron chi connectivity index (χ3n) is 3.74. The molecule has 1 aromatic rings. The minimum absolute atomic E-state index is 0.0149. The minimum atomic E-state index is 0.0149. The molecule has 0 aliphatic heterocycles. The van der Waals surface area contributed by atoms with Crippen LogP contribution < -0.4 is 15.4 Å². The van der Waals surface area contributed by atoms with Crippen molar-refractivity contribution in [3.63, 3.8) is 0 Å². The summed E-state index contributed by atoms with van der Waals surface area (Å²) in [5.74, 6) is 2.19. The van der Waals surface area contributed by atoms with Crippen LogP contribution in [0.15, 0.2) is 29.3 Å². The maximum atomic E-state index is 11.8. The Morgan fingerprint density at radius 1 is 1.20 bits per heavy atom. The Bertz CT molecular complexity index is 539. The molecule has 140 valence electrons. The van der Waals surface area contributed by atoms with E-state index in [0.29, 0.717) is 18.4 Å². The van der Waals surface area contributed by atoms with Gasteiger partial charge in [0.05, 0.1) is 20.2 Å². The molecule has 25 heavy (non-hydrogen) atoms. The zero-order valence-electron chi connectivity index (χ0n) is 16.1. The van der Waals surface area contributed by atoms with Crippen LogP contribution in [0.3, 0.4) is 0 Å². The number of nitrogens with one attached hydrogen (secondary N) is 2. The van der Waals surface area contributed by atoms with E-state index in [-0.39, 0.29) is 12.5 Å². The van der Waals surface area contributed by atoms with Crippen LogP contribution >= 0.6 is 0 Å². The molecule has 0 saturated carbocycles. The summed E-state index contributed by atoms with van der Waals surface area (Å²) < 4.78 is 5.16. The minimum Gasteiger partial charge on any atom is -0.497 e. The molecule has 6 nitrogen and oxygen atoms in total. The van der Waals surface area contributed by atoms with Gasteiger partial charge in [0.25, 0.3) is 0 Å². The first-order chi connectivity index (χ1) is 11.9. The molecular formula is C19H32N4O2. The van der Waals surface area contributed by atoms with Gasteiger partial charge in [0.15, 0.2) is 5.96 Å². The summed E-state index contributed by atoms with van der Waals surface area (Å²) in [7, 11) is 5.14. The smallest absolute Gasteiger partial charge is 0.241 e. The van der Waals surface area contributed by atoms with Crippen LogP contribution in [0.4, 0.5) is 0 Å². The van der Waals surface area contributed by atoms with Crippen LogP contribution in [0.5, 0.6) is 5.75 Å². The number of nitrogens with zero attached hydrogens (tertiary/aromatic N) is 2. The van der Waals surface area contributed by atoms with Crippen molar-refractivity contribution in [1.29, 1.82) is 0 Å². The van der Waals surface area contributed by atoms with E-state index in [1.165, 1.54) is 0 Å². The van der Waals surface area contributed by atoms with Gasteiger partial charge in [-0.15, -0.1) is 0 Å². The second-order valence-electron chi connectivity index (χ2n) is 6.62. The van der Waals surface area contributed by atoms with Gasteiger partial charge < -0.3 is 20.3 Å². The second-order valence-corrected chi connectivity index (χ2v) is 6.62. The van der Waals surface area contributed by atoms with Crippen LogP contribution in [-0.4, -0.2) is 51.1 Å². The molecule has 2 N–H and O–H groups in total. The number of carbonyl (C=O) groups is 1. The summed E-state index contributed by atoms with van der Waals surface area (Å²) in [4.78, 5) is 17.9. The van der Waals surface area contributed by atoms with Gasteiger partial charge in [-0.2, -0.15) is 0 Å². The predicted molar refractivity (Wildman–Crippen MR) is 103 cm³/mol. The maximum absolute atomic E-state index is 11.8. The number of amides is 1. The molecule has 0 heterocycles.